The third-order valence-corrected chi connectivity index (χ3v) is 6.54. The van der Waals surface area contributed by atoms with E-state index in [-0.39, 0.29) is 18.4 Å². The third kappa shape index (κ3) is 8.07. The normalized spacial score (nSPS) is 10.6. The summed E-state index contributed by atoms with van der Waals surface area (Å²) in [5.41, 5.74) is 4.32. The number of benzene rings is 3. The van der Waals surface area contributed by atoms with E-state index in [0.29, 0.717) is 40.3 Å². The fourth-order valence-corrected chi connectivity index (χ4v) is 4.17. The molecule has 7 heteroatoms. The second-order valence-corrected chi connectivity index (χ2v) is 10.4. The molecular weight excluding hydrogens is 527 g/mol. The highest BCUT2D eigenvalue weighted by Gasteiger charge is 2.21. The number of halogens is 2. The van der Waals surface area contributed by atoms with E-state index >= 15 is 0 Å². The zero-order chi connectivity index (χ0) is 27.8. The first-order valence-corrected chi connectivity index (χ1v) is 13.5. The van der Waals surface area contributed by atoms with Crippen molar-refractivity contribution in [1.29, 1.82) is 0 Å². The fraction of sp³-hybridized carbons (Fsp3) is 0.219. The van der Waals surface area contributed by atoms with Crippen molar-refractivity contribution in [2.45, 2.75) is 39.8 Å². The lowest BCUT2D eigenvalue weighted by Crippen LogP contribution is -2.38. The summed E-state index contributed by atoms with van der Waals surface area (Å²) in [6.07, 6.45) is 0. The van der Waals surface area contributed by atoms with E-state index in [1.54, 1.807) is 0 Å². The first-order valence-electron chi connectivity index (χ1n) is 12.7. The Labute approximate surface area is 240 Å². The number of nitrogens with one attached hydrogen (secondary N) is 1. The quantitative estimate of drug-likeness (QED) is 0.239. The van der Waals surface area contributed by atoms with E-state index in [4.69, 9.17) is 33.2 Å². The Hall–Kier alpha value is -3.85. The van der Waals surface area contributed by atoms with Gasteiger partial charge in [0.05, 0.1) is 17.8 Å². The Kier molecular flexibility index (Phi) is 9.59. The molecule has 0 fully saturated rings. The van der Waals surface area contributed by atoms with Crippen LogP contribution in [-0.2, 0) is 17.9 Å². The van der Waals surface area contributed by atoms with Crippen molar-refractivity contribution in [1.82, 2.24) is 15.3 Å². The van der Waals surface area contributed by atoms with Crippen molar-refractivity contribution in [3.05, 3.63) is 123 Å². The van der Waals surface area contributed by atoms with Crippen LogP contribution in [0.3, 0.4) is 0 Å². The highest BCUT2D eigenvalue weighted by Crippen LogP contribution is 2.25. The van der Waals surface area contributed by atoms with Gasteiger partial charge in [-0.15, -0.1) is 0 Å². The minimum atomic E-state index is -0.136. The van der Waals surface area contributed by atoms with Crippen LogP contribution in [0.15, 0.2) is 78.9 Å². The number of nitrogens with zero attached hydrogens (tertiary/aromatic N) is 3. The van der Waals surface area contributed by atoms with E-state index in [1.807, 2.05) is 90.7 Å². The van der Waals surface area contributed by atoms with Gasteiger partial charge in [-0.05, 0) is 54.4 Å². The molecule has 3 aromatic carbocycles. The van der Waals surface area contributed by atoms with Crippen molar-refractivity contribution < 1.29 is 4.79 Å². The summed E-state index contributed by atoms with van der Waals surface area (Å²) in [6, 6.07) is 24.8. The molecule has 0 aliphatic carbocycles. The monoisotopic (exact) mass is 556 g/mol. The molecule has 0 saturated heterocycles. The van der Waals surface area contributed by atoms with Crippen LogP contribution in [-0.4, -0.2) is 22.4 Å². The molecule has 0 atom stereocenters. The highest BCUT2D eigenvalue weighted by atomic mass is 35.5. The first-order chi connectivity index (χ1) is 18.8. The second-order valence-electron chi connectivity index (χ2n) is 9.52. The van der Waals surface area contributed by atoms with Gasteiger partial charge in [-0.2, -0.15) is 0 Å². The topological polar surface area (TPSA) is 58.1 Å². The van der Waals surface area contributed by atoms with E-state index in [9.17, 15) is 4.79 Å². The number of amides is 1. The van der Waals surface area contributed by atoms with Crippen molar-refractivity contribution in [2.24, 2.45) is 0 Å². The molecule has 5 nitrogen and oxygen atoms in total. The molecule has 1 amide bonds. The zero-order valence-electron chi connectivity index (χ0n) is 22.2. The van der Waals surface area contributed by atoms with E-state index in [2.05, 4.69) is 31.0 Å². The Morgan fingerprint density at radius 1 is 0.872 bits per heavy atom. The van der Waals surface area contributed by atoms with Crippen molar-refractivity contribution in [3.63, 3.8) is 0 Å². The lowest BCUT2D eigenvalue weighted by molar-refractivity contribution is -0.120. The second kappa shape index (κ2) is 13.3. The molecule has 39 heavy (non-hydrogen) atoms. The van der Waals surface area contributed by atoms with Crippen LogP contribution in [0.2, 0.25) is 10.0 Å². The van der Waals surface area contributed by atoms with Gasteiger partial charge < -0.3 is 10.2 Å². The molecule has 1 aromatic heterocycles. The van der Waals surface area contributed by atoms with E-state index in [1.165, 1.54) is 0 Å². The molecule has 0 saturated carbocycles. The van der Waals surface area contributed by atoms with Crippen LogP contribution in [0.4, 0.5) is 5.82 Å². The molecule has 0 unspecified atom stereocenters. The number of hydrogen-bond acceptors (Lipinski definition) is 4. The molecule has 0 aliphatic heterocycles. The van der Waals surface area contributed by atoms with Crippen molar-refractivity contribution in [2.75, 3.05) is 11.4 Å². The summed E-state index contributed by atoms with van der Waals surface area (Å²) >= 11 is 12.1. The Balaban J connectivity index is 1.70. The van der Waals surface area contributed by atoms with Crippen molar-refractivity contribution in [3.8, 4) is 11.8 Å². The van der Waals surface area contributed by atoms with E-state index in [0.717, 1.165) is 22.4 Å². The Bertz CT molecular complexity index is 1480. The summed E-state index contributed by atoms with van der Waals surface area (Å²) < 4.78 is 0. The minimum Gasteiger partial charge on any atom is -0.350 e. The number of anilines is 1. The van der Waals surface area contributed by atoms with Gasteiger partial charge in [0, 0.05) is 34.6 Å². The van der Waals surface area contributed by atoms with Crippen LogP contribution in [0.25, 0.3) is 0 Å². The molecule has 0 radical (unpaired) electrons. The van der Waals surface area contributed by atoms with Gasteiger partial charge in [-0.25, -0.2) is 9.97 Å². The van der Waals surface area contributed by atoms with Gasteiger partial charge in [0.1, 0.15) is 11.6 Å². The average molecular weight is 558 g/mol. The van der Waals surface area contributed by atoms with Gasteiger partial charge in [-0.1, -0.05) is 91.4 Å². The van der Waals surface area contributed by atoms with Gasteiger partial charge in [-0.3, -0.25) is 4.79 Å². The fourth-order valence-electron chi connectivity index (χ4n) is 3.92. The molecule has 0 bridgehead atoms. The van der Waals surface area contributed by atoms with Crippen LogP contribution >= 0.6 is 23.2 Å². The Morgan fingerprint density at radius 2 is 1.49 bits per heavy atom. The standard InChI is InChI=1S/C32H30Cl2N4O/c1-22(2)31-36-23(3)29(18-13-24-7-5-4-6-8-24)32(37-31)38(20-26-11-16-28(34)17-12-26)21-30(39)35-19-25-9-14-27(33)15-10-25/h4-12,14-17,22H,19-21H2,1-3H3,(H,35,39). The largest absolute Gasteiger partial charge is 0.350 e. The van der Waals surface area contributed by atoms with Crippen LogP contribution in [0.1, 0.15) is 53.5 Å². The molecular formula is C32H30Cl2N4O. The summed E-state index contributed by atoms with van der Waals surface area (Å²) in [7, 11) is 0. The lowest BCUT2D eigenvalue weighted by atomic mass is 10.1. The molecule has 1 N–H and O–H groups in total. The third-order valence-electron chi connectivity index (χ3n) is 6.03. The van der Waals surface area contributed by atoms with Crippen LogP contribution in [0.5, 0.6) is 0 Å². The highest BCUT2D eigenvalue weighted by molar-refractivity contribution is 6.30. The number of carbonyl (C=O) groups is 1. The van der Waals surface area contributed by atoms with Crippen LogP contribution in [0, 0.1) is 18.8 Å². The minimum absolute atomic E-state index is 0.0875. The number of carbonyl (C=O) groups excluding carboxylic acids is 1. The molecule has 0 spiro atoms. The van der Waals surface area contributed by atoms with Gasteiger partial charge in [0.25, 0.3) is 0 Å². The zero-order valence-corrected chi connectivity index (χ0v) is 23.7. The summed E-state index contributed by atoms with van der Waals surface area (Å²) in [5, 5.41) is 4.33. The van der Waals surface area contributed by atoms with Gasteiger partial charge >= 0.3 is 0 Å². The maximum absolute atomic E-state index is 13.2. The Morgan fingerprint density at radius 3 is 2.10 bits per heavy atom. The predicted octanol–water partition coefficient (Wildman–Crippen LogP) is 6.94. The van der Waals surface area contributed by atoms with Crippen LogP contribution < -0.4 is 10.2 Å². The lowest BCUT2D eigenvalue weighted by Gasteiger charge is -2.26. The SMILES string of the molecule is Cc1nc(C(C)C)nc(N(CC(=O)NCc2ccc(Cl)cc2)Cc2ccc(Cl)cc2)c1C#Cc1ccccc1. The molecule has 198 valence electrons. The predicted molar refractivity (Wildman–Crippen MR) is 159 cm³/mol. The average Bonchev–Trinajstić information content (AvgIpc) is 2.93. The van der Waals surface area contributed by atoms with E-state index < -0.39 is 0 Å². The number of aromatic nitrogens is 2. The summed E-state index contributed by atoms with van der Waals surface area (Å²) in [5.74, 6) is 7.84. The maximum Gasteiger partial charge on any atom is 0.239 e. The number of aryl methyl sites for hydroxylation is 1. The first kappa shape index (κ1) is 28.2. The molecule has 1 heterocycles. The smallest absolute Gasteiger partial charge is 0.239 e. The molecule has 4 rings (SSSR count). The number of rotatable bonds is 8. The van der Waals surface area contributed by atoms with Gasteiger partial charge in [0.15, 0.2) is 0 Å². The maximum atomic E-state index is 13.2. The summed E-state index contributed by atoms with van der Waals surface area (Å²) in [4.78, 5) is 24.9. The molecule has 0 aliphatic rings. The number of hydrogen-bond donors (Lipinski definition) is 1. The van der Waals surface area contributed by atoms with Crippen molar-refractivity contribution >= 4 is 34.9 Å². The summed E-state index contributed by atoms with van der Waals surface area (Å²) in [6.45, 7) is 6.97. The van der Waals surface area contributed by atoms with Gasteiger partial charge in [0.2, 0.25) is 5.91 Å². The molecule has 4 aromatic rings.